The minimum Gasteiger partial charge on any atom is -0.393 e. The van der Waals surface area contributed by atoms with Gasteiger partial charge in [-0.25, -0.2) is 0 Å². The molecule has 0 radical (unpaired) electrons. The van der Waals surface area contributed by atoms with Crippen LogP contribution in [0.25, 0.3) is 10.8 Å². The SMILES string of the molecule is COC1(CO)C2c3ccccc3C1c1cc3ccccc3cc12. The Labute approximate surface area is 135 Å². The van der Waals surface area contributed by atoms with Gasteiger partial charge in [-0.05, 0) is 33.0 Å². The Morgan fingerprint density at radius 2 is 1.30 bits per heavy atom. The molecule has 2 heteroatoms. The molecule has 3 aromatic rings. The number of methoxy groups -OCH3 is 1. The van der Waals surface area contributed by atoms with Crippen molar-refractivity contribution in [2.75, 3.05) is 13.7 Å². The lowest BCUT2D eigenvalue weighted by molar-refractivity contribution is -0.0577. The molecule has 0 heterocycles. The average molecular weight is 302 g/mol. The van der Waals surface area contributed by atoms with Crippen LogP contribution in [0.3, 0.4) is 0 Å². The Morgan fingerprint density at radius 3 is 1.74 bits per heavy atom. The van der Waals surface area contributed by atoms with E-state index in [9.17, 15) is 5.11 Å². The Morgan fingerprint density at radius 1 is 0.826 bits per heavy atom. The molecule has 2 unspecified atom stereocenters. The number of fused-ring (bicyclic) bond motifs is 9. The highest BCUT2D eigenvalue weighted by Gasteiger charge is 2.60. The molecule has 0 spiro atoms. The van der Waals surface area contributed by atoms with Crippen molar-refractivity contribution in [2.24, 2.45) is 0 Å². The summed E-state index contributed by atoms with van der Waals surface area (Å²) in [5.74, 6) is 0.219. The van der Waals surface area contributed by atoms with Gasteiger partial charge in [0.05, 0.1) is 6.61 Å². The number of ether oxygens (including phenoxy) is 1. The van der Waals surface area contributed by atoms with Gasteiger partial charge in [0, 0.05) is 18.9 Å². The fourth-order valence-corrected chi connectivity index (χ4v) is 4.85. The summed E-state index contributed by atoms with van der Waals surface area (Å²) in [4.78, 5) is 0. The summed E-state index contributed by atoms with van der Waals surface area (Å²) in [5, 5.41) is 12.8. The first-order chi connectivity index (χ1) is 11.3. The maximum atomic E-state index is 10.3. The van der Waals surface area contributed by atoms with Crippen molar-refractivity contribution >= 4 is 10.8 Å². The quantitative estimate of drug-likeness (QED) is 0.780. The Balaban J connectivity index is 1.86. The van der Waals surface area contributed by atoms with E-state index in [-0.39, 0.29) is 18.4 Å². The molecule has 0 aliphatic heterocycles. The van der Waals surface area contributed by atoms with Gasteiger partial charge in [-0.3, -0.25) is 0 Å². The maximum absolute atomic E-state index is 10.3. The Hall–Kier alpha value is -2.16. The van der Waals surface area contributed by atoms with Crippen molar-refractivity contribution in [2.45, 2.75) is 17.4 Å². The van der Waals surface area contributed by atoms with Crippen LogP contribution in [0.15, 0.2) is 60.7 Å². The fraction of sp³-hybridized carbons (Fsp3) is 0.238. The smallest absolute Gasteiger partial charge is 0.112 e. The molecule has 5 rings (SSSR count). The van der Waals surface area contributed by atoms with E-state index < -0.39 is 5.60 Å². The number of aliphatic hydroxyl groups is 1. The molecule has 0 aromatic heterocycles. The lowest BCUT2D eigenvalue weighted by Crippen LogP contribution is -2.39. The van der Waals surface area contributed by atoms with E-state index in [1.54, 1.807) is 7.11 Å². The zero-order chi connectivity index (χ0) is 15.6. The third-order valence-corrected chi connectivity index (χ3v) is 5.80. The lowest BCUT2D eigenvalue weighted by atomic mass is 9.85. The molecule has 0 saturated heterocycles. The summed E-state index contributed by atoms with van der Waals surface area (Å²) >= 11 is 0. The molecule has 114 valence electrons. The summed E-state index contributed by atoms with van der Waals surface area (Å²) in [7, 11) is 1.73. The van der Waals surface area contributed by atoms with E-state index in [1.165, 1.54) is 33.0 Å². The van der Waals surface area contributed by atoms with E-state index in [0.29, 0.717) is 0 Å². The number of hydrogen-bond acceptors (Lipinski definition) is 2. The van der Waals surface area contributed by atoms with Crippen LogP contribution in [0.4, 0.5) is 0 Å². The first kappa shape index (κ1) is 13.3. The molecule has 2 aliphatic carbocycles. The maximum Gasteiger partial charge on any atom is 0.112 e. The van der Waals surface area contributed by atoms with Gasteiger partial charge in [0.15, 0.2) is 0 Å². The minimum atomic E-state index is -0.566. The van der Waals surface area contributed by atoms with Crippen LogP contribution < -0.4 is 0 Å². The van der Waals surface area contributed by atoms with Crippen LogP contribution in [0.5, 0.6) is 0 Å². The summed E-state index contributed by atoms with van der Waals surface area (Å²) in [6.45, 7) is 0.0263. The third kappa shape index (κ3) is 1.46. The molecule has 0 saturated carbocycles. The molecule has 2 atom stereocenters. The average Bonchev–Trinajstić information content (AvgIpc) is 3.06. The predicted octanol–water partition coefficient (Wildman–Crippen LogP) is 3.81. The standard InChI is InChI=1S/C21H18O2/c1-23-21(12-22)19-15-8-4-5-9-16(15)20(21)18-11-14-7-3-2-6-13(14)10-17(18)19/h2-11,19-20,22H,12H2,1H3. The van der Waals surface area contributed by atoms with Gasteiger partial charge in [-0.2, -0.15) is 0 Å². The topological polar surface area (TPSA) is 29.5 Å². The second-order valence-electron chi connectivity index (χ2n) is 6.64. The molecule has 23 heavy (non-hydrogen) atoms. The second kappa shape index (κ2) is 4.44. The van der Waals surface area contributed by atoms with E-state index in [2.05, 4.69) is 60.7 Å². The molecular weight excluding hydrogens is 284 g/mol. The highest BCUT2D eigenvalue weighted by Crippen LogP contribution is 2.63. The second-order valence-corrected chi connectivity index (χ2v) is 6.64. The van der Waals surface area contributed by atoms with Crippen molar-refractivity contribution in [3.63, 3.8) is 0 Å². The molecule has 2 bridgehead atoms. The predicted molar refractivity (Wildman–Crippen MR) is 90.9 cm³/mol. The largest absolute Gasteiger partial charge is 0.393 e. The van der Waals surface area contributed by atoms with E-state index >= 15 is 0 Å². The molecule has 3 aromatic carbocycles. The number of aliphatic hydroxyl groups excluding tert-OH is 1. The number of benzene rings is 3. The molecule has 1 N–H and O–H groups in total. The third-order valence-electron chi connectivity index (χ3n) is 5.80. The molecule has 0 fully saturated rings. The van der Waals surface area contributed by atoms with Gasteiger partial charge in [0.1, 0.15) is 5.60 Å². The number of hydrogen-bond donors (Lipinski definition) is 1. The van der Waals surface area contributed by atoms with Crippen LogP contribution in [0.1, 0.15) is 34.1 Å². The van der Waals surface area contributed by atoms with Crippen LogP contribution in [0, 0.1) is 0 Å². The first-order valence-corrected chi connectivity index (χ1v) is 8.07. The summed E-state index contributed by atoms with van der Waals surface area (Å²) in [5.41, 5.74) is 4.66. The summed E-state index contributed by atoms with van der Waals surface area (Å²) in [6.07, 6.45) is 0. The van der Waals surface area contributed by atoms with E-state index in [4.69, 9.17) is 4.74 Å². The van der Waals surface area contributed by atoms with Gasteiger partial charge >= 0.3 is 0 Å². The highest BCUT2D eigenvalue weighted by atomic mass is 16.5. The highest BCUT2D eigenvalue weighted by molar-refractivity contribution is 5.86. The van der Waals surface area contributed by atoms with E-state index in [1.807, 2.05) is 0 Å². The Kier molecular flexibility index (Phi) is 2.56. The van der Waals surface area contributed by atoms with Crippen molar-refractivity contribution in [3.05, 3.63) is 82.9 Å². The van der Waals surface area contributed by atoms with Crippen LogP contribution in [-0.4, -0.2) is 24.4 Å². The van der Waals surface area contributed by atoms with E-state index in [0.717, 1.165) is 0 Å². The molecule has 0 amide bonds. The van der Waals surface area contributed by atoms with Crippen LogP contribution in [-0.2, 0) is 4.74 Å². The van der Waals surface area contributed by atoms with Gasteiger partial charge in [0.2, 0.25) is 0 Å². The van der Waals surface area contributed by atoms with Crippen molar-refractivity contribution in [1.82, 2.24) is 0 Å². The summed E-state index contributed by atoms with van der Waals surface area (Å²) < 4.78 is 5.98. The Bertz CT molecular complexity index is 853. The fourth-order valence-electron chi connectivity index (χ4n) is 4.85. The zero-order valence-electron chi connectivity index (χ0n) is 13.0. The van der Waals surface area contributed by atoms with Crippen molar-refractivity contribution in [1.29, 1.82) is 0 Å². The van der Waals surface area contributed by atoms with Gasteiger partial charge in [0.25, 0.3) is 0 Å². The first-order valence-electron chi connectivity index (χ1n) is 8.07. The van der Waals surface area contributed by atoms with Gasteiger partial charge in [-0.15, -0.1) is 0 Å². The van der Waals surface area contributed by atoms with Gasteiger partial charge in [-0.1, -0.05) is 60.7 Å². The zero-order valence-corrected chi connectivity index (χ0v) is 13.0. The van der Waals surface area contributed by atoms with Gasteiger partial charge < -0.3 is 9.84 Å². The minimum absolute atomic E-state index is 0.0263. The molecule has 2 aliphatic rings. The lowest BCUT2D eigenvalue weighted by Gasteiger charge is -2.31. The monoisotopic (exact) mass is 302 g/mol. The van der Waals surface area contributed by atoms with Crippen LogP contribution in [0.2, 0.25) is 0 Å². The van der Waals surface area contributed by atoms with Crippen LogP contribution >= 0.6 is 0 Å². The molecular formula is C21H18O2. The summed E-state index contributed by atoms with van der Waals surface area (Å²) in [6, 6.07) is 21.6. The normalized spacial score (nSPS) is 27.2. The molecule has 2 nitrogen and oxygen atoms in total. The number of rotatable bonds is 2. The van der Waals surface area contributed by atoms with Crippen molar-refractivity contribution in [3.8, 4) is 0 Å². The van der Waals surface area contributed by atoms with Crippen molar-refractivity contribution < 1.29 is 9.84 Å².